The Bertz CT molecular complexity index is 843. The molecule has 0 radical (unpaired) electrons. The first-order chi connectivity index (χ1) is 14.0. The van der Waals surface area contributed by atoms with Gasteiger partial charge in [-0.15, -0.1) is 0 Å². The van der Waals surface area contributed by atoms with E-state index >= 15 is 0 Å². The van der Waals surface area contributed by atoms with E-state index in [2.05, 4.69) is 6.92 Å². The molecule has 0 atom stereocenters. The maximum Gasteiger partial charge on any atom is 0.371 e. The van der Waals surface area contributed by atoms with Crippen LogP contribution in [0, 0.1) is 0 Å². The van der Waals surface area contributed by atoms with Crippen molar-refractivity contribution in [3.05, 3.63) is 47.7 Å². The summed E-state index contributed by atoms with van der Waals surface area (Å²) in [6.07, 6.45) is 3.36. The molecule has 2 rings (SSSR count). The number of unbranched alkanes of at least 4 members (excludes halogenated alkanes) is 1. The van der Waals surface area contributed by atoms with Crippen molar-refractivity contribution in [3.8, 4) is 22.6 Å². The van der Waals surface area contributed by atoms with E-state index in [1.807, 2.05) is 43.3 Å². The number of ether oxygens (including phenoxy) is 3. The Labute approximate surface area is 171 Å². The lowest BCUT2D eigenvalue weighted by Gasteiger charge is -2.19. The number of aliphatic carboxylic acids is 1. The third-order valence-electron chi connectivity index (χ3n) is 4.19. The molecule has 6 heteroatoms. The number of carbonyl (C=O) groups is 1. The highest BCUT2D eigenvalue weighted by atomic mass is 16.5. The Morgan fingerprint density at radius 3 is 2.31 bits per heavy atom. The van der Waals surface area contributed by atoms with Gasteiger partial charge in [-0.3, -0.25) is 0 Å². The van der Waals surface area contributed by atoms with E-state index in [1.165, 1.54) is 6.08 Å². The molecule has 2 aromatic carbocycles. The number of carboxylic acid groups (broad SMARTS) is 1. The molecule has 0 amide bonds. The summed E-state index contributed by atoms with van der Waals surface area (Å²) in [7, 11) is 0. The first kappa shape index (κ1) is 22.1. The average molecular weight is 399 g/mol. The largest absolute Gasteiger partial charge is 0.489 e. The van der Waals surface area contributed by atoms with Crippen molar-refractivity contribution in [2.45, 2.75) is 33.6 Å². The number of hydrogen-bond acceptors (Lipinski definition) is 5. The van der Waals surface area contributed by atoms with Crippen LogP contribution in [0.4, 0.5) is 5.69 Å². The molecular formula is C23H29NO5. The minimum atomic E-state index is -1.13. The summed E-state index contributed by atoms with van der Waals surface area (Å²) in [6.45, 7) is 6.90. The molecule has 0 aromatic heterocycles. The van der Waals surface area contributed by atoms with Crippen LogP contribution in [0.1, 0.15) is 39.2 Å². The third kappa shape index (κ3) is 5.91. The zero-order chi connectivity index (χ0) is 21.2. The fraction of sp³-hybridized carbons (Fsp3) is 0.348. The van der Waals surface area contributed by atoms with Gasteiger partial charge in [0.15, 0.2) is 11.5 Å². The highest BCUT2D eigenvalue weighted by Gasteiger charge is 2.19. The third-order valence-corrected chi connectivity index (χ3v) is 4.19. The van der Waals surface area contributed by atoms with Crippen molar-refractivity contribution in [1.29, 1.82) is 0 Å². The smallest absolute Gasteiger partial charge is 0.371 e. The van der Waals surface area contributed by atoms with Crippen LogP contribution in [-0.2, 0) is 9.53 Å². The van der Waals surface area contributed by atoms with Crippen molar-refractivity contribution >= 4 is 17.7 Å². The van der Waals surface area contributed by atoms with Crippen LogP contribution in [0.2, 0.25) is 0 Å². The van der Waals surface area contributed by atoms with Gasteiger partial charge in [-0.2, -0.15) is 0 Å². The lowest BCUT2D eigenvalue weighted by molar-refractivity contribution is -0.136. The fourth-order valence-corrected chi connectivity index (χ4v) is 2.80. The van der Waals surface area contributed by atoms with E-state index in [4.69, 9.17) is 19.9 Å². The van der Waals surface area contributed by atoms with Crippen LogP contribution in [0.25, 0.3) is 17.2 Å². The van der Waals surface area contributed by atoms with Crippen molar-refractivity contribution in [3.63, 3.8) is 0 Å². The standard InChI is InChI=1S/C23H29NO5/c1-4-7-14-29-22-19(16-8-11-18(24)12-9-16)13-10-17(21(22)28-6-3)15-20(23(25)26)27-5-2/h8-13,15H,4-7,14,24H2,1-3H3,(H,25,26). The Balaban J connectivity index is 2.63. The zero-order valence-electron chi connectivity index (χ0n) is 17.2. The van der Waals surface area contributed by atoms with Gasteiger partial charge in [0.25, 0.3) is 0 Å². The molecular weight excluding hydrogens is 370 g/mol. The second kappa shape index (κ2) is 11.0. The molecule has 0 aliphatic carbocycles. The molecule has 0 fully saturated rings. The normalized spacial score (nSPS) is 11.2. The second-order valence-electron chi connectivity index (χ2n) is 6.36. The molecule has 0 spiro atoms. The van der Waals surface area contributed by atoms with Gasteiger partial charge in [0.1, 0.15) is 0 Å². The van der Waals surface area contributed by atoms with E-state index in [1.54, 1.807) is 6.92 Å². The number of nitrogen functional groups attached to an aromatic ring is 1. The SMILES string of the molecule is CCCCOc1c(-c2ccc(N)cc2)ccc(C=C(OCC)C(=O)O)c1OCC. The Morgan fingerprint density at radius 2 is 1.72 bits per heavy atom. The fourth-order valence-electron chi connectivity index (χ4n) is 2.80. The van der Waals surface area contributed by atoms with Crippen LogP contribution in [-0.4, -0.2) is 30.9 Å². The van der Waals surface area contributed by atoms with E-state index in [9.17, 15) is 9.90 Å². The van der Waals surface area contributed by atoms with Crippen LogP contribution in [0.15, 0.2) is 42.2 Å². The van der Waals surface area contributed by atoms with Crippen molar-refractivity contribution in [1.82, 2.24) is 0 Å². The predicted molar refractivity (Wildman–Crippen MR) is 115 cm³/mol. The zero-order valence-corrected chi connectivity index (χ0v) is 17.2. The number of nitrogens with two attached hydrogens (primary N) is 1. The molecule has 0 aliphatic heterocycles. The first-order valence-electron chi connectivity index (χ1n) is 9.88. The topological polar surface area (TPSA) is 91.0 Å². The monoisotopic (exact) mass is 399 g/mol. The predicted octanol–water partition coefficient (Wildman–Crippen LogP) is 4.98. The Morgan fingerprint density at radius 1 is 1.00 bits per heavy atom. The van der Waals surface area contributed by atoms with Crippen molar-refractivity contribution < 1.29 is 24.1 Å². The number of hydrogen-bond donors (Lipinski definition) is 2. The molecule has 0 saturated carbocycles. The molecule has 156 valence electrons. The van der Waals surface area contributed by atoms with Gasteiger partial charge < -0.3 is 25.1 Å². The van der Waals surface area contributed by atoms with Crippen LogP contribution < -0.4 is 15.2 Å². The summed E-state index contributed by atoms with van der Waals surface area (Å²) in [5, 5.41) is 9.41. The highest BCUT2D eigenvalue weighted by Crippen LogP contribution is 2.42. The maximum atomic E-state index is 11.5. The summed E-state index contributed by atoms with van der Waals surface area (Å²) in [4.78, 5) is 11.5. The molecule has 2 aromatic rings. The van der Waals surface area contributed by atoms with Gasteiger partial charge in [-0.1, -0.05) is 31.5 Å². The molecule has 3 N–H and O–H groups in total. The van der Waals surface area contributed by atoms with E-state index in [-0.39, 0.29) is 12.4 Å². The lowest BCUT2D eigenvalue weighted by atomic mass is 10.0. The number of anilines is 1. The van der Waals surface area contributed by atoms with E-state index < -0.39 is 5.97 Å². The van der Waals surface area contributed by atoms with Gasteiger partial charge in [0, 0.05) is 16.8 Å². The molecule has 0 heterocycles. The molecule has 0 aliphatic rings. The van der Waals surface area contributed by atoms with Gasteiger partial charge in [0.2, 0.25) is 5.76 Å². The molecule has 0 saturated heterocycles. The Hall–Kier alpha value is -3.15. The average Bonchev–Trinajstić information content (AvgIpc) is 2.70. The minimum absolute atomic E-state index is 0.145. The van der Waals surface area contributed by atoms with Crippen molar-refractivity contribution in [2.75, 3.05) is 25.6 Å². The minimum Gasteiger partial charge on any atom is -0.489 e. The quantitative estimate of drug-likeness (QED) is 0.240. The number of carboxylic acids is 1. The second-order valence-corrected chi connectivity index (χ2v) is 6.36. The lowest BCUT2D eigenvalue weighted by Crippen LogP contribution is -2.07. The first-order valence-corrected chi connectivity index (χ1v) is 9.88. The summed E-state index contributed by atoms with van der Waals surface area (Å²) in [5.41, 5.74) is 8.88. The number of benzene rings is 2. The molecule has 0 unspecified atom stereocenters. The van der Waals surface area contributed by atoms with Crippen LogP contribution >= 0.6 is 0 Å². The van der Waals surface area contributed by atoms with E-state index in [0.29, 0.717) is 36.0 Å². The summed E-state index contributed by atoms with van der Waals surface area (Å²) in [6, 6.07) is 11.2. The Kier molecular flexibility index (Phi) is 8.40. The van der Waals surface area contributed by atoms with Crippen LogP contribution in [0.5, 0.6) is 11.5 Å². The van der Waals surface area contributed by atoms with Crippen LogP contribution in [0.3, 0.4) is 0 Å². The molecule has 29 heavy (non-hydrogen) atoms. The highest BCUT2D eigenvalue weighted by molar-refractivity contribution is 5.91. The maximum absolute atomic E-state index is 11.5. The van der Waals surface area contributed by atoms with Gasteiger partial charge in [-0.25, -0.2) is 4.79 Å². The molecule has 0 bridgehead atoms. The van der Waals surface area contributed by atoms with E-state index in [0.717, 1.165) is 24.0 Å². The summed E-state index contributed by atoms with van der Waals surface area (Å²) in [5.74, 6) is -0.199. The molecule has 6 nitrogen and oxygen atoms in total. The summed E-state index contributed by atoms with van der Waals surface area (Å²) >= 11 is 0. The van der Waals surface area contributed by atoms with Gasteiger partial charge >= 0.3 is 5.97 Å². The van der Waals surface area contributed by atoms with Gasteiger partial charge in [0.05, 0.1) is 19.8 Å². The van der Waals surface area contributed by atoms with Gasteiger partial charge in [-0.05, 0) is 50.1 Å². The summed E-state index contributed by atoms with van der Waals surface area (Å²) < 4.78 is 17.3. The van der Waals surface area contributed by atoms with Crippen molar-refractivity contribution in [2.24, 2.45) is 0 Å². The number of rotatable bonds is 11.